The van der Waals surface area contributed by atoms with Crippen molar-refractivity contribution in [3.63, 3.8) is 0 Å². The standard InChI is InChI=1S/C19H14N2O3/c22-13-9-12-10-5-1-2-6-11(10)15(13)17-16(12)18(23)21(19(17)24)14-7-3-4-8-20-14/h1-8,12,15-17H,9H2/t12-,15+,16+,17-/m0/s1. The van der Waals surface area contributed by atoms with Crippen molar-refractivity contribution in [1.82, 2.24) is 4.98 Å². The first-order valence-electron chi connectivity index (χ1n) is 8.09. The Hall–Kier alpha value is -2.82. The highest BCUT2D eigenvalue weighted by Gasteiger charge is 2.62. The Morgan fingerprint density at radius 1 is 0.875 bits per heavy atom. The number of imide groups is 1. The van der Waals surface area contributed by atoms with Crippen LogP contribution in [0.1, 0.15) is 29.4 Å². The van der Waals surface area contributed by atoms with Crippen molar-refractivity contribution in [3.8, 4) is 0 Å². The second-order valence-corrected chi connectivity index (χ2v) is 6.63. The Bertz CT molecular complexity index is 892. The predicted octanol–water partition coefficient (Wildman–Crippen LogP) is 2.04. The van der Waals surface area contributed by atoms with Crippen LogP contribution in [0.25, 0.3) is 0 Å². The molecule has 118 valence electrons. The lowest BCUT2D eigenvalue weighted by Gasteiger charge is -2.43. The summed E-state index contributed by atoms with van der Waals surface area (Å²) in [5, 5.41) is 0. The molecule has 1 aromatic carbocycles. The number of nitrogens with zero attached hydrogens (tertiary/aromatic N) is 2. The Kier molecular flexibility index (Phi) is 2.61. The highest BCUT2D eigenvalue weighted by Crippen LogP contribution is 2.57. The molecule has 1 saturated carbocycles. The molecule has 0 N–H and O–H groups in total. The average molecular weight is 318 g/mol. The van der Waals surface area contributed by atoms with Gasteiger partial charge in [0.2, 0.25) is 11.8 Å². The van der Waals surface area contributed by atoms with Crippen LogP contribution in [0, 0.1) is 11.8 Å². The van der Waals surface area contributed by atoms with Gasteiger partial charge in [0.25, 0.3) is 0 Å². The van der Waals surface area contributed by atoms with Gasteiger partial charge in [-0.15, -0.1) is 0 Å². The van der Waals surface area contributed by atoms with E-state index in [-0.39, 0.29) is 23.5 Å². The number of hydrogen-bond donors (Lipinski definition) is 0. The summed E-state index contributed by atoms with van der Waals surface area (Å²) in [5.41, 5.74) is 1.97. The lowest BCUT2D eigenvalue weighted by molar-refractivity contribution is -0.134. The second-order valence-electron chi connectivity index (χ2n) is 6.63. The van der Waals surface area contributed by atoms with Crippen LogP contribution in [0.3, 0.4) is 0 Å². The van der Waals surface area contributed by atoms with Crippen molar-refractivity contribution >= 4 is 23.4 Å². The van der Waals surface area contributed by atoms with Gasteiger partial charge in [0.15, 0.2) is 0 Å². The van der Waals surface area contributed by atoms with E-state index in [1.54, 1.807) is 24.4 Å². The number of pyridine rings is 1. The number of fused-ring (bicyclic) bond motifs is 1. The largest absolute Gasteiger partial charge is 0.299 e. The third-order valence-electron chi connectivity index (χ3n) is 5.57. The maximum atomic E-state index is 13.0. The molecule has 1 saturated heterocycles. The summed E-state index contributed by atoms with van der Waals surface area (Å²) in [6, 6.07) is 12.9. The Labute approximate surface area is 138 Å². The van der Waals surface area contributed by atoms with Crippen LogP contribution in [0.2, 0.25) is 0 Å². The van der Waals surface area contributed by atoms with Gasteiger partial charge in [-0.3, -0.25) is 14.4 Å². The van der Waals surface area contributed by atoms with Crippen LogP contribution in [-0.4, -0.2) is 22.6 Å². The highest BCUT2D eigenvalue weighted by atomic mass is 16.2. The zero-order valence-electron chi connectivity index (χ0n) is 12.8. The van der Waals surface area contributed by atoms with E-state index in [0.717, 1.165) is 11.1 Å². The molecule has 2 heterocycles. The van der Waals surface area contributed by atoms with Crippen molar-refractivity contribution in [2.75, 3.05) is 4.90 Å². The van der Waals surface area contributed by atoms with E-state index in [1.807, 2.05) is 24.3 Å². The normalized spacial score (nSPS) is 30.5. The number of amides is 2. The number of carbonyl (C=O) groups excluding carboxylic acids is 3. The quantitative estimate of drug-likeness (QED) is 0.755. The number of carbonyl (C=O) groups is 3. The zero-order valence-corrected chi connectivity index (χ0v) is 12.8. The first-order chi connectivity index (χ1) is 11.7. The first kappa shape index (κ1) is 13.6. The van der Waals surface area contributed by atoms with E-state index in [0.29, 0.717) is 12.2 Å². The molecular formula is C19H14N2O3. The molecule has 5 nitrogen and oxygen atoms in total. The monoisotopic (exact) mass is 318 g/mol. The van der Waals surface area contributed by atoms with Gasteiger partial charge in [0.05, 0.1) is 17.8 Å². The molecule has 0 radical (unpaired) electrons. The van der Waals surface area contributed by atoms with E-state index in [4.69, 9.17) is 0 Å². The van der Waals surface area contributed by atoms with Crippen LogP contribution < -0.4 is 4.90 Å². The lowest BCUT2D eigenvalue weighted by atomic mass is 9.56. The van der Waals surface area contributed by atoms with E-state index in [2.05, 4.69) is 4.98 Å². The van der Waals surface area contributed by atoms with Crippen molar-refractivity contribution in [3.05, 3.63) is 59.8 Å². The third kappa shape index (κ3) is 1.54. The fourth-order valence-corrected chi connectivity index (χ4v) is 4.67. The first-order valence-corrected chi connectivity index (χ1v) is 8.09. The minimum Gasteiger partial charge on any atom is -0.299 e. The van der Waals surface area contributed by atoms with E-state index in [1.165, 1.54) is 4.90 Å². The van der Waals surface area contributed by atoms with Crippen LogP contribution in [0.5, 0.6) is 0 Å². The molecule has 2 aromatic rings. The fraction of sp³-hybridized carbons (Fsp3) is 0.263. The topological polar surface area (TPSA) is 67.3 Å². The van der Waals surface area contributed by atoms with Gasteiger partial charge in [-0.25, -0.2) is 9.88 Å². The number of Topliss-reactive ketones (excluding diaryl/α,β-unsaturated/α-hetero) is 1. The Morgan fingerprint density at radius 2 is 1.58 bits per heavy atom. The highest BCUT2D eigenvalue weighted by molar-refractivity contribution is 6.24. The molecule has 2 fully saturated rings. The molecule has 1 aliphatic heterocycles. The molecule has 0 unspecified atom stereocenters. The summed E-state index contributed by atoms with van der Waals surface area (Å²) in [7, 11) is 0. The minimum atomic E-state index is -0.583. The number of aromatic nitrogens is 1. The second kappa shape index (κ2) is 4.60. The van der Waals surface area contributed by atoms with Gasteiger partial charge >= 0.3 is 0 Å². The van der Waals surface area contributed by atoms with Crippen molar-refractivity contribution in [1.29, 1.82) is 0 Å². The number of anilines is 1. The van der Waals surface area contributed by atoms with E-state index >= 15 is 0 Å². The van der Waals surface area contributed by atoms with Crippen LogP contribution in [0.15, 0.2) is 48.7 Å². The van der Waals surface area contributed by atoms with Crippen LogP contribution in [-0.2, 0) is 14.4 Å². The molecular weight excluding hydrogens is 304 g/mol. The molecule has 4 aliphatic rings. The SMILES string of the molecule is O=C1C[C@H]2c3ccccc3[C@H]1[C@@H]1C(=O)N(c3ccccn3)C(=O)[C@@H]12. The van der Waals surface area contributed by atoms with E-state index < -0.39 is 17.8 Å². The van der Waals surface area contributed by atoms with Crippen LogP contribution >= 0.6 is 0 Å². The molecule has 3 aliphatic carbocycles. The van der Waals surface area contributed by atoms with Gasteiger partial charge in [-0.1, -0.05) is 30.3 Å². The summed E-state index contributed by atoms with van der Waals surface area (Å²) < 4.78 is 0. The molecule has 2 amide bonds. The van der Waals surface area contributed by atoms with Gasteiger partial charge in [0.1, 0.15) is 11.6 Å². The summed E-state index contributed by atoms with van der Waals surface area (Å²) >= 11 is 0. The smallest absolute Gasteiger partial charge is 0.240 e. The van der Waals surface area contributed by atoms with Crippen LogP contribution in [0.4, 0.5) is 5.82 Å². The van der Waals surface area contributed by atoms with Gasteiger partial charge < -0.3 is 0 Å². The predicted molar refractivity (Wildman–Crippen MR) is 85.3 cm³/mol. The Balaban J connectivity index is 1.68. The molecule has 5 heteroatoms. The summed E-state index contributed by atoms with van der Waals surface area (Å²) in [5.74, 6) is -1.82. The molecule has 4 atom stereocenters. The number of benzene rings is 1. The summed E-state index contributed by atoms with van der Waals surface area (Å²) in [4.78, 5) is 43.9. The molecule has 2 bridgehead atoms. The zero-order chi connectivity index (χ0) is 16.4. The van der Waals surface area contributed by atoms with Crippen molar-refractivity contribution in [2.24, 2.45) is 11.8 Å². The fourth-order valence-electron chi connectivity index (χ4n) is 4.67. The summed E-state index contributed by atoms with van der Waals surface area (Å²) in [6.45, 7) is 0. The number of ketones is 1. The van der Waals surface area contributed by atoms with Gasteiger partial charge in [-0.05, 0) is 23.3 Å². The molecule has 6 rings (SSSR count). The molecule has 1 aromatic heterocycles. The number of rotatable bonds is 1. The lowest BCUT2D eigenvalue weighted by Crippen LogP contribution is -2.44. The van der Waals surface area contributed by atoms with Gasteiger partial charge in [-0.2, -0.15) is 0 Å². The minimum absolute atomic E-state index is 0.0731. The van der Waals surface area contributed by atoms with Crippen molar-refractivity contribution in [2.45, 2.75) is 18.3 Å². The molecule has 24 heavy (non-hydrogen) atoms. The van der Waals surface area contributed by atoms with E-state index in [9.17, 15) is 14.4 Å². The third-order valence-corrected chi connectivity index (χ3v) is 5.57. The Morgan fingerprint density at radius 3 is 2.33 bits per heavy atom. The maximum Gasteiger partial charge on any atom is 0.240 e. The summed E-state index contributed by atoms with van der Waals surface area (Å²) in [6.07, 6.45) is 1.91. The van der Waals surface area contributed by atoms with Crippen molar-refractivity contribution < 1.29 is 14.4 Å². The maximum absolute atomic E-state index is 13.0. The molecule has 0 spiro atoms. The number of hydrogen-bond acceptors (Lipinski definition) is 4. The van der Waals surface area contributed by atoms with Gasteiger partial charge in [0, 0.05) is 18.5 Å². The average Bonchev–Trinajstić information content (AvgIpc) is 2.88.